The van der Waals surface area contributed by atoms with Crippen LogP contribution < -0.4 is 0 Å². The van der Waals surface area contributed by atoms with Crippen LogP contribution in [0, 0.1) is 0 Å². The molecule has 0 fully saturated rings. The Morgan fingerprint density at radius 2 is 1.80 bits per heavy atom. The summed E-state index contributed by atoms with van der Waals surface area (Å²) < 4.78 is 0. The average Bonchev–Trinajstić information content (AvgIpc) is 3.04. The molecule has 1 unspecified atom stereocenters. The van der Waals surface area contributed by atoms with E-state index >= 15 is 0 Å². The Morgan fingerprint density at radius 3 is 2.30 bits per heavy atom. The summed E-state index contributed by atoms with van der Waals surface area (Å²) in [6, 6.07) is 6.34. The van der Waals surface area contributed by atoms with E-state index in [1.165, 1.54) is 4.90 Å². The van der Waals surface area contributed by atoms with E-state index < -0.39 is 6.04 Å². The molecule has 6 nitrogen and oxygen atoms in total. The second-order valence-corrected chi connectivity index (χ2v) is 4.70. The molecule has 2 heterocycles. The smallest absolute Gasteiger partial charge is 0.262 e. The van der Waals surface area contributed by atoms with E-state index in [0.29, 0.717) is 17.0 Å². The van der Waals surface area contributed by atoms with E-state index in [1.54, 1.807) is 31.2 Å². The maximum Gasteiger partial charge on any atom is 0.262 e. The first-order chi connectivity index (χ1) is 9.63. The van der Waals surface area contributed by atoms with E-state index in [2.05, 4.69) is 15.2 Å². The van der Waals surface area contributed by atoms with Crippen molar-refractivity contribution in [1.82, 2.24) is 20.1 Å². The monoisotopic (exact) mass is 270 g/mol. The summed E-state index contributed by atoms with van der Waals surface area (Å²) in [6.07, 6.45) is 0.724. The molecule has 2 aromatic rings. The molecule has 1 aliphatic heterocycles. The van der Waals surface area contributed by atoms with Crippen molar-refractivity contribution >= 4 is 11.8 Å². The number of benzene rings is 1. The van der Waals surface area contributed by atoms with Gasteiger partial charge in [0.05, 0.1) is 17.2 Å². The van der Waals surface area contributed by atoms with Crippen LogP contribution in [-0.4, -0.2) is 31.9 Å². The van der Waals surface area contributed by atoms with Gasteiger partial charge in [0.15, 0.2) is 5.82 Å². The van der Waals surface area contributed by atoms with Crippen LogP contribution in [0.2, 0.25) is 0 Å². The second kappa shape index (κ2) is 4.56. The number of carbonyl (C=O) groups excluding carboxylic acids is 2. The van der Waals surface area contributed by atoms with Crippen molar-refractivity contribution in [1.29, 1.82) is 0 Å². The predicted molar refractivity (Wildman–Crippen MR) is 71.1 cm³/mol. The molecule has 2 amide bonds. The van der Waals surface area contributed by atoms with Gasteiger partial charge in [-0.1, -0.05) is 19.1 Å². The number of nitrogens with zero attached hydrogens (tertiary/aromatic N) is 3. The Morgan fingerprint density at radius 1 is 1.20 bits per heavy atom. The molecule has 3 rings (SSSR count). The molecule has 0 saturated heterocycles. The summed E-state index contributed by atoms with van der Waals surface area (Å²) in [5, 5.41) is 6.88. The molecule has 0 bridgehead atoms. The predicted octanol–water partition coefficient (Wildman–Crippen LogP) is 1.72. The lowest BCUT2D eigenvalue weighted by atomic mass is 10.1. The first kappa shape index (κ1) is 12.5. The van der Waals surface area contributed by atoms with Crippen molar-refractivity contribution in [3.8, 4) is 0 Å². The first-order valence-electron chi connectivity index (χ1n) is 6.51. The quantitative estimate of drug-likeness (QED) is 0.861. The van der Waals surface area contributed by atoms with Crippen LogP contribution in [0.15, 0.2) is 24.3 Å². The lowest BCUT2D eigenvalue weighted by Crippen LogP contribution is -2.33. The lowest BCUT2D eigenvalue weighted by molar-refractivity contribution is 0.0589. The van der Waals surface area contributed by atoms with E-state index in [9.17, 15) is 9.59 Å². The third kappa shape index (κ3) is 1.72. The van der Waals surface area contributed by atoms with Crippen molar-refractivity contribution in [2.24, 2.45) is 0 Å². The van der Waals surface area contributed by atoms with Gasteiger partial charge in [-0.25, -0.2) is 4.98 Å². The largest absolute Gasteiger partial charge is 0.269 e. The number of rotatable bonds is 3. The molecule has 0 spiro atoms. The SMILES string of the molecule is CCc1nc(C(C)N2C(=O)c3ccccc3C2=O)n[nH]1. The number of hydrogen-bond donors (Lipinski definition) is 1. The van der Waals surface area contributed by atoms with Gasteiger partial charge in [0, 0.05) is 6.42 Å². The van der Waals surface area contributed by atoms with E-state index in [4.69, 9.17) is 0 Å². The summed E-state index contributed by atoms with van der Waals surface area (Å²) >= 11 is 0. The number of aromatic amines is 1. The Kier molecular flexibility index (Phi) is 2.85. The van der Waals surface area contributed by atoms with E-state index in [0.717, 1.165) is 12.2 Å². The normalized spacial score (nSPS) is 15.6. The van der Waals surface area contributed by atoms with Gasteiger partial charge in [-0.15, -0.1) is 0 Å². The van der Waals surface area contributed by atoms with Crippen LogP contribution in [0.1, 0.15) is 52.3 Å². The van der Waals surface area contributed by atoms with Gasteiger partial charge in [-0.2, -0.15) is 5.10 Å². The summed E-state index contributed by atoms with van der Waals surface area (Å²) in [4.78, 5) is 30.2. The van der Waals surface area contributed by atoms with E-state index in [-0.39, 0.29) is 11.8 Å². The number of nitrogens with one attached hydrogen (secondary N) is 1. The third-order valence-electron chi connectivity index (χ3n) is 3.47. The number of amides is 2. The number of aromatic nitrogens is 3. The van der Waals surface area contributed by atoms with Crippen molar-refractivity contribution in [2.75, 3.05) is 0 Å². The minimum atomic E-state index is -0.487. The Hall–Kier alpha value is -2.50. The number of hydrogen-bond acceptors (Lipinski definition) is 4. The standard InChI is InChI=1S/C14H14N4O2/c1-3-11-15-12(17-16-11)8(2)18-13(19)9-6-4-5-7-10(9)14(18)20/h4-8H,3H2,1-2H3,(H,15,16,17). The molecule has 1 atom stereocenters. The summed E-state index contributed by atoms with van der Waals surface area (Å²) in [6.45, 7) is 3.71. The van der Waals surface area contributed by atoms with Crippen LogP contribution in [0.3, 0.4) is 0 Å². The molecule has 20 heavy (non-hydrogen) atoms. The Balaban J connectivity index is 1.96. The van der Waals surface area contributed by atoms with Crippen LogP contribution in [-0.2, 0) is 6.42 Å². The highest BCUT2D eigenvalue weighted by Crippen LogP contribution is 2.29. The minimum absolute atomic E-state index is 0.291. The minimum Gasteiger partial charge on any atom is -0.269 e. The van der Waals surface area contributed by atoms with E-state index in [1.807, 2.05) is 6.92 Å². The molecule has 1 aliphatic rings. The van der Waals surface area contributed by atoms with Gasteiger partial charge < -0.3 is 0 Å². The number of imide groups is 1. The molecular weight excluding hydrogens is 256 g/mol. The number of aryl methyl sites for hydroxylation is 1. The molecule has 1 N–H and O–H groups in total. The first-order valence-corrected chi connectivity index (χ1v) is 6.51. The van der Waals surface area contributed by atoms with Gasteiger partial charge in [0.25, 0.3) is 11.8 Å². The highest BCUT2D eigenvalue weighted by atomic mass is 16.2. The van der Waals surface area contributed by atoms with Gasteiger partial charge in [0.1, 0.15) is 5.82 Å². The van der Waals surface area contributed by atoms with Gasteiger partial charge in [-0.3, -0.25) is 19.6 Å². The van der Waals surface area contributed by atoms with Crippen LogP contribution >= 0.6 is 0 Å². The fourth-order valence-electron chi connectivity index (χ4n) is 2.33. The molecule has 1 aromatic carbocycles. The maximum atomic E-state index is 12.3. The molecule has 102 valence electrons. The van der Waals surface area contributed by atoms with Gasteiger partial charge in [0.2, 0.25) is 0 Å². The molecule has 0 saturated carbocycles. The van der Waals surface area contributed by atoms with Crippen LogP contribution in [0.4, 0.5) is 0 Å². The Bertz CT molecular complexity index is 657. The Labute approximate surface area is 115 Å². The zero-order chi connectivity index (χ0) is 14.3. The fraction of sp³-hybridized carbons (Fsp3) is 0.286. The number of fused-ring (bicyclic) bond motifs is 1. The van der Waals surface area contributed by atoms with Gasteiger partial charge in [-0.05, 0) is 19.1 Å². The highest BCUT2D eigenvalue weighted by Gasteiger charge is 2.39. The molecule has 1 aromatic heterocycles. The fourth-order valence-corrected chi connectivity index (χ4v) is 2.33. The number of carbonyl (C=O) groups is 2. The maximum absolute atomic E-state index is 12.3. The van der Waals surface area contributed by atoms with Crippen molar-refractivity contribution in [2.45, 2.75) is 26.3 Å². The third-order valence-corrected chi connectivity index (χ3v) is 3.47. The van der Waals surface area contributed by atoms with Crippen LogP contribution in [0.5, 0.6) is 0 Å². The van der Waals surface area contributed by atoms with Gasteiger partial charge >= 0.3 is 0 Å². The molecule has 0 radical (unpaired) electrons. The molecule has 0 aliphatic carbocycles. The average molecular weight is 270 g/mol. The lowest BCUT2D eigenvalue weighted by Gasteiger charge is -2.19. The van der Waals surface area contributed by atoms with Crippen molar-refractivity contribution < 1.29 is 9.59 Å². The second-order valence-electron chi connectivity index (χ2n) is 4.70. The number of H-pyrrole nitrogens is 1. The summed E-state index contributed by atoms with van der Waals surface area (Å²) in [5.41, 5.74) is 0.881. The molecule has 6 heteroatoms. The van der Waals surface area contributed by atoms with Crippen molar-refractivity contribution in [3.63, 3.8) is 0 Å². The zero-order valence-electron chi connectivity index (χ0n) is 11.3. The zero-order valence-corrected chi connectivity index (χ0v) is 11.3. The van der Waals surface area contributed by atoms with Crippen molar-refractivity contribution in [3.05, 3.63) is 47.0 Å². The summed E-state index contributed by atoms with van der Waals surface area (Å²) in [5.74, 6) is 0.613. The van der Waals surface area contributed by atoms with Crippen LogP contribution in [0.25, 0.3) is 0 Å². The summed E-state index contributed by atoms with van der Waals surface area (Å²) in [7, 11) is 0. The highest BCUT2D eigenvalue weighted by molar-refractivity contribution is 6.21. The topological polar surface area (TPSA) is 79.0 Å². The molecular formula is C14H14N4O2.